The molecule has 1 aromatic rings. The molecule has 0 atom stereocenters. The lowest BCUT2D eigenvalue weighted by Crippen LogP contribution is -2.02. The van der Waals surface area contributed by atoms with E-state index in [1.165, 1.54) is 12.3 Å². The number of nitrogens with zero attached hydrogens (tertiary/aromatic N) is 1. The van der Waals surface area contributed by atoms with Crippen molar-refractivity contribution < 1.29 is 17.2 Å². The van der Waals surface area contributed by atoms with E-state index in [1.807, 2.05) is 0 Å². The Kier molecular flexibility index (Phi) is 3.15. The van der Waals surface area contributed by atoms with E-state index in [1.54, 1.807) is 0 Å². The number of sulfone groups is 1. The third kappa shape index (κ3) is 3.37. The standard InChI is InChI=1S/C8H9F2NO2S/c1-14(12,13)5-6-2-3-11-7(4-6)8(9)10/h2-4,8H,5H2,1H3. The number of rotatable bonds is 3. The third-order valence-corrected chi connectivity index (χ3v) is 2.36. The van der Waals surface area contributed by atoms with Crippen LogP contribution in [0.1, 0.15) is 17.7 Å². The lowest BCUT2D eigenvalue weighted by Gasteiger charge is -2.02. The molecule has 0 saturated heterocycles. The molecule has 0 aliphatic heterocycles. The average Bonchev–Trinajstić information content (AvgIpc) is 2.01. The summed E-state index contributed by atoms with van der Waals surface area (Å²) in [6, 6.07) is 2.51. The van der Waals surface area contributed by atoms with E-state index < -0.39 is 22.0 Å². The molecule has 3 nitrogen and oxygen atoms in total. The number of alkyl halides is 2. The first-order chi connectivity index (χ1) is 6.38. The van der Waals surface area contributed by atoms with Crippen molar-refractivity contribution >= 4 is 9.84 Å². The fourth-order valence-electron chi connectivity index (χ4n) is 1.01. The van der Waals surface area contributed by atoms with Gasteiger partial charge >= 0.3 is 0 Å². The quantitative estimate of drug-likeness (QED) is 0.778. The Labute approximate surface area is 80.7 Å². The highest BCUT2D eigenvalue weighted by Crippen LogP contribution is 2.17. The van der Waals surface area contributed by atoms with E-state index in [-0.39, 0.29) is 5.75 Å². The van der Waals surface area contributed by atoms with Gasteiger partial charge in [0.1, 0.15) is 5.69 Å². The van der Waals surface area contributed by atoms with E-state index in [2.05, 4.69) is 4.98 Å². The van der Waals surface area contributed by atoms with Crippen molar-refractivity contribution in [1.29, 1.82) is 0 Å². The first-order valence-electron chi connectivity index (χ1n) is 3.79. The zero-order valence-corrected chi connectivity index (χ0v) is 8.26. The minimum absolute atomic E-state index is 0.241. The predicted octanol–water partition coefficient (Wildman–Crippen LogP) is 1.56. The maximum Gasteiger partial charge on any atom is 0.280 e. The van der Waals surface area contributed by atoms with Gasteiger partial charge < -0.3 is 0 Å². The SMILES string of the molecule is CS(=O)(=O)Cc1ccnc(C(F)F)c1. The van der Waals surface area contributed by atoms with Crippen LogP contribution in [0.15, 0.2) is 18.3 Å². The van der Waals surface area contributed by atoms with Crippen LogP contribution in [0, 0.1) is 0 Å². The van der Waals surface area contributed by atoms with E-state index >= 15 is 0 Å². The van der Waals surface area contributed by atoms with Crippen molar-refractivity contribution in [3.63, 3.8) is 0 Å². The molecule has 1 aromatic heterocycles. The van der Waals surface area contributed by atoms with Crippen molar-refractivity contribution in [2.24, 2.45) is 0 Å². The normalized spacial score (nSPS) is 12.0. The van der Waals surface area contributed by atoms with Crippen molar-refractivity contribution in [2.75, 3.05) is 6.26 Å². The highest BCUT2D eigenvalue weighted by Gasteiger charge is 2.11. The summed E-state index contributed by atoms with van der Waals surface area (Å²) in [6.45, 7) is 0. The monoisotopic (exact) mass is 221 g/mol. The highest BCUT2D eigenvalue weighted by molar-refractivity contribution is 7.89. The minimum Gasteiger partial charge on any atom is -0.255 e. The molecule has 0 aliphatic rings. The molecule has 0 unspecified atom stereocenters. The molecule has 78 valence electrons. The van der Waals surface area contributed by atoms with Gasteiger partial charge in [-0.25, -0.2) is 17.2 Å². The zero-order chi connectivity index (χ0) is 10.8. The van der Waals surface area contributed by atoms with Crippen LogP contribution in [0.4, 0.5) is 8.78 Å². The second-order valence-corrected chi connectivity index (χ2v) is 5.10. The molecule has 6 heteroatoms. The number of pyridine rings is 1. The fourth-order valence-corrected chi connectivity index (χ4v) is 1.79. The van der Waals surface area contributed by atoms with Crippen LogP contribution < -0.4 is 0 Å². The van der Waals surface area contributed by atoms with Gasteiger partial charge in [-0.1, -0.05) is 0 Å². The molecule has 0 fully saturated rings. The summed E-state index contributed by atoms with van der Waals surface area (Å²) in [7, 11) is -3.19. The molecule has 0 radical (unpaired) electrons. The van der Waals surface area contributed by atoms with Crippen molar-refractivity contribution in [3.05, 3.63) is 29.6 Å². The number of hydrogen-bond donors (Lipinski definition) is 0. The van der Waals surface area contributed by atoms with Crippen LogP contribution in [-0.2, 0) is 15.6 Å². The average molecular weight is 221 g/mol. The van der Waals surface area contributed by atoms with Gasteiger partial charge in [-0.2, -0.15) is 0 Å². The van der Waals surface area contributed by atoms with Gasteiger partial charge in [0.2, 0.25) is 0 Å². The van der Waals surface area contributed by atoms with Crippen LogP contribution in [0.3, 0.4) is 0 Å². The van der Waals surface area contributed by atoms with E-state index in [9.17, 15) is 17.2 Å². The summed E-state index contributed by atoms with van der Waals surface area (Å²) in [5.41, 5.74) is -0.0658. The minimum atomic E-state index is -3.19. The second-order valence-electron chi connectivity index (χ2n) is 2.96. The maximum absolute atomic E-state index is 12.2. The molecular weight excluding hydrogens is 212 g/mol. The summed E-state index contributed by atoms with van der Waals surface area (Å²) >= 11 is 0. The Morgan fingerprint density at radius 1 is 1.50 bits per heavy atom. The van der Waals surface area contributed by atoms with Gasteiger partial charge in [0.25, 0.3) is 6.43 Å². The summed E-state index contributed by atoms with van der Waals surface area (Å²) < 4.78 is 46.1. The van der Waals surface area contributed by atoms with Gasteiger partial charge in [-0.3, -0.25) is 4.98 Å². The second kappa shape index (κ2) is 4.00. The number of aromatic nitrogens is 1. The van der Waals surface area contributed by atoms with Gasteiger partial charge in [0.15, 0.2) is 9.84 Å². The number of hydrogen-bond acceptors (Lipinski definition) is 3. The lowest BCUT2D eigenvalue weighted by molar-refractivity contribution is 0.146. The van der Waals surface area contributed by atoms with Crippen molar-refractivity contribution in [3.8, 4) is 0 Å². The summed E-state index contributed by atoms with van der Waals surface area (Å²) in [6.07, 6.45) is -0.438. The highest BCUT2D eigenvalue weighted by atomic mass is 32.2. The van der Waals surface area contributed by atoms with Crippen LogP contribution in [0.25, 0.3) is 0 Å². The molecule has 0 N–H and O–H groups in total. The van der Waals surface area contributed by atoms with Crippen LogP contribution in [0.5, 0.6) is 0 Å². The Morgan fingerprint density at radius 2 is 2.14 bits per heavy atom. The largest absolute Gasteiger partial charge is 0.280 e. The van der Waals surface area contributed by atoms with Gasteiger partial charge in [-0.05, 0) is 17.7 Å². The molecule has 0 bridgehead atoms. The summed E-state index contributed by atoms with van der Waals surface area (Å²) in [5.74, 6) is -0.241. The first-order valence-corrected chi connectivity index (χ1v) is 5.85. The first kappa shape index (κ1) is 11.0. The van der Waals surface area contributed by atoms with E-state index in [0.717, 1.165) is 12.3 Å². The number of halogens is 2. The molecule has 0 amide bonds. The Morgan fingerprint density at radius 3 is 2.64 bits per heavy atom. The molecule has 14 heavy (non-hydrogen) atoms. The summed E-state index contributed by atoms with van der Waals surface area (Å²) in [4.78, 5) is 3.42. The molecule has 1 rings (SSSR count). The molecule has 0 aliphatic carbocycles. The zero-order valence-electron chi connectivity index (χ0n) is 7.44. The van der Waals surface area contributed by atoms with Crippen molar-refractivity contribution in [2.45, 2.75) is 12.2 Å². The topological polar surface area (TPSA) is 47.0 Å². The summed E-state index contributed by atoms with van der Waals surface area (Å²) in [5, 5.41) is 0. The van der Waals surface area contributed by atoms with Crippen molar-refractivity contribution in [1.82, 2.24) is 4.98 Å². The van der Waals surface area contributed by atoms with Crippen LogP contribution >= 0.6 is 0 Å². The molecule has 1 heterocycles. The van der Waals surface area contributed by atoms with Gasteiger partial charge in [0, 0.05) is 12.5 Å². The maximum atomic E-state index is 12.2. The van der Waals surface area contributed by atoms with E-state index in [0.29, 0.717) is 5.56 Å². The van der Waals surface area contributed by atoms with Crippen LogP contribution in [-0.4, -0.2) is 19.7 Å². The fraction of sp³-hybridized carbons (Fsp3) is 0.375. The molecule has 0 saturated carbocycles. The molecular formula is C8H9F2NO2S. The van der Waals surface area contributed by atoms with Crippen LogP contribution in [0.2, 0.25) is 0 Å². The Balaban J connectivity index is 2.95. The van der Waals surface area contributed by atoms with E-state index in [4.69, 9.17) is 0 Å². The smallest absolute Gasteiger partial charge is 0.255 e. The van der Waals surface area contributed by atoms with Gasteiger partial charge in [-0.15, -0.1) is 0 Å². The third-order valence-electron chi connectivity index (χ3n) is 1.50. The Hall–Kier alpha value is -1.04. The van der Waals surface area contributed by atoms with Gasteiger partial charge in [0.05, 0.1) is 5.75 Å². The predicted molar refractivity (Wildman–Crippen MR) is 47.7 cm³/mol. The Bertz CT molecular complexity index is 417. The lowest BCUT2D eigenvalue weighted by atomic mass is 10.2. The molecule has 0 spiro atoms. The molecule has 0 aromatic carbocycles.